The highest BCUT2D eigenvalue weighted by Gasteiger charge is 2.09. The van der Waals surface area contributed by atoms with Gasteiger partial charge in [0.2, 0.25) is 0 Å². The summed E-state index contributed by atoms with van der Waals surface area (Å²) in [6.07, 6.45) is 0. The first-order valence-electron chi connectivity index (χ1n) is 6.59. The van der Waals surface area contributed by atoms with E-state index >= 15 is 0 Å². The number of nitrogens with one attached hydrogen (secondary N) is 1. The van der Waals surface area contributed by atoms with Crippen molar-refractivity contribution in [2.45, 2.75) is 12.5 Å². The van der Waals surface area contributed by atoms with Crippen LogP contribution in [0.25, 0.3) is 0 Å². The number of nitriles is 1. The molecule has 0 bridgehead atoms. The Morgan fingerprint density at radius 3 is 2.38 bits per heavy atom. The van der Waals surface area contributed by atoms with Crippen molar-refractivity contribution in [3.63, 3.8) is 0 Å². The van der Waals surface area contributed by atoms with E-state index in [0.717, 1.165) is 11.1 Å². The van der Waals surface area contributed by atoms with E-state index in [4.69, 9.17) is 0 Å². The fraction of sp³-hybridized carbons (Fsp3) is 0.188. The Hall–Kier alpha value is -2.71. The number of nitro groups is 1. The molecule has 0 amide bonds. The van der Waals surface area contributed by atoms with Gasteiger partial charge in [0.1, 0.15) is 0 Å². The van der Waals surface area contributed by atoms with Crippen LogP contribution >= 0.6 is 0 Å². The molecule has 0 spiro atoms. The predicted molar refractivity (Wildman–Crippen MR) is 79.6 cm³/mol. The fourth-order valence-corrected chi connectivity index (χ4v) is 2.02. The topological polar surface area (TPSA) is 79.0 Å². The summed E-state index contributed by atoms with van der Waals surface area (Å²) in [5.41, 5.74) is 2.01. The smallest absolute Gasteiger partial charge is 0.269 e. The van der Waals surface area contributed by atoms with Gasteiger partial charge >= 0.3 is 0 Å². The summed E-state index contributed by atoms with van der Waals surface area (Å²) in [6.45, 7) is 1.11. The number of nitrogens with zero attached hydrogens (tertiary/aromatic N) is 2. The summed E-state index contributed by atoms with van der Waals surface area (Å²) in [5.74, 6) is -0.204. The van der Waals surface area contributed by atoms with Crippen LogP contribution in [0.1, 0.15) is 17.0 Å². The molecule has 1 atom stereocenters. The number of non-ortho nitro benzene ring substituents is 1. The van der Waals surface area contributed by atoms with Gasteiger partial charge in [0.15, 0.2) is 0 Å². The largest absolute Gasteiger partial charge is 0.311 e. The molecule has 2 rings (SSSR count). The van der Waals surface area contributed by atoms with Crippen LogP contribution in [0.15, 0.2) is 54.6 Å². The molecule has 1 N–H and O–H groups in total. The van der Waals surface area contributed by atoms with E-state index in [2.05, 4.69) is 11.4 Å². The van der Waals surface area contributed by atoms with E-state index in [1.165, 1.54) is 12.1 Å². The lowest BCUT2D eigenvalue weighted by atomic mass is 10.0. The first-order valence-corrected chi connectivity index (χ1v) is 6.59. The Bertz CT molecular complexity index is 633. The lowest BCUT2D eigenvalue weighted by Gasteiger charge is -2.10. The second-order valence-corrected chi connectivity index (χ2v) is 4.65. The zero-order chi connectivity index (χ0) is 15.1. The Kier molecular flexibility index (Phi) is 5.02. The van der Waals surface area contributed by atoms with Gasteiger partial charge < -0.3 is 5.32 Å². The van der Waals surface area contributed by atoms with Crippen molar-refractivity contribution >= 4 is 5.69 Å². The van der Waals surface area contributed by atoms with Crippen molar-refractivity contribution in [3.05, 3.63) is 75.8 Å². The van der Waals surface area contributed by atoms with Gasteiger partial charge in [0.25, 0.3) is 5.69 Å². The van der Waals surface area contributed by atoms with Crippen LogP contribution in [0.5, 0.6) is 0 Å². The Morgan fingerprint density at radius 2 is 1.81 bits per heavy atom. The van der Waals surface area contributed by atoms with Gasteiger partial charge in [-0.05, 0) is 11.1 Å². The minimum atomic E-state index is -0.418. The van der Waals surface area contributed by atoms with Crippen LogP contribution in [0.2, 0.25) is 0 Å². The van der Waals surface area contributed by atoms with Gasteiger partial charge in [-0.2, -0.15) is 5.26 Å². The molecule has 2 aromatic carbocycles. The van der Waals surface area contributed by atoms with Gasteiger partial charge in [0.05, 0.1) is 16.9 Å². The van der Waals surface area contributed by atoms with Crippen LogP contribution < -0.4 is 5.32 Å². The van der Waals surface area contributed by atoms with Crippen molar-refractivity contribution < 1.29 is 4.92 Å². The van der Waals surface area contributed by atoms with Crippen LogP contribution in [-0.4, -0.2) is 11.5 Å². The summed E-state index contributed by atoms with van der Waals surface area (Å²) in [4.78, 5) is 10.1. The van der Waals surface area contributed by atoms with E-state index in [-0.39, 0.29) is 11.6 Å². The van der Waals surface area contributed by atoms with Gasteiger partial charge in [-0.25, -0.2) is 0 Å². The first-order chi connectivity index (χ1) is 10.2. The van der Waals surface area contributed by atoms with Crippen LogP contribution in [-0.2, 0) is 6.54 Å². The second-order valence-electron chi connectivity index (χ2n) is 4.65. The molecule has 0 fully saturated rings. The molecule has 0 aliphatic heterocycles. The van der Waals surface area contributed by atoms with Crippen LogP contribution in [0, 0.1) is 21.4 Å². The first kappa shape index (κ1) is 14.7. The van der Waals surface area contributed by atoms with Crippen LogP contribution in [0.4, 0.5) is 5.69 Å². The fourth-order valence-electron chi connectivity index (χ4n) is 2.02. The van der Waals surface area contributed by atoms with Crippen molar-refractivity contribution in [2.24, 2.45) is 0 Å². The number of nitro benzene ring substituents is 1. The number of hydrogen-bond donors (Lipinski definition) is 1. The Labute approximate surface area is 123 Å². The monoisotopic (exact) mass is 281 g/mol. The number of rotatable bonds is 6. The summed E-state index contributed by atoms with van der Waals surface area (Å²) in [6, 6.07) is 18.3. The highest BCUT2D eigenvalue weighted by atomic mass is 16.6. The molecule has 1 unspecified atom stereocenters. The molecule has 2 aromatic rings. The lowest BCUT2D eigenvalue weighted by Crippen LogP contribution is -2.20. The summed E-state index contributed by atoms with van der Waals surface area (Å²) >= 11 is 0. The van der Waals surface area contributed by atoms with E-state index in [0.29, 0.717) is 13.1 Å². The maximum absolute atomic E-state index is 10.6. The van der Waals surface area contributed by atoms with Gasteiger partial charge in [-0.15, -0.1) is 0 Å². The molecule has 0 saturated carbocycles. The molecule has 0 saturated heterocycles. The van der Waals surface area contributed by atoms with Crippen molar-refractivity contribution in [1.82, 2.24) is 5.32 Å². The summed E-state index contributed by atoms with van der Waals surface area (Å²) in [5, 5.41) is 23.0. The normalized spacial score (nSPS) is 11.6. The molecular formula is C16H15N3O2. The molecule has 106 valence electrons. The van der Waals surface area contributed by atoms with Gasteiger partial charge in [0, 0.05) is 25.2 Å². The second kappa shape index (κ2) is 7.17. The number of hydrogen-bond acceptors (Lipinski definition) is 4. The summed E-state index contributed by atoms with van der Waals surface area (Å²) in [7, 11) is 0. The molecule has 5 heteroatoms. The van der Waals surface area contributed by atoms with Crippen LogP contribution in [0.3, 0.4) is 0 Å². The third-order valence-corrected chi connectivity index (χ3v) is 3.18. The maximum atomic E-state index is 10.6. The molecule has 0 aromatic heterocycles. The van der Waals surface area contributed by atoms with Crippen molar-refractivity contribution in [2.75, 3.05) is 6.54 Å². The van der Waals surface area contributed by atoms with E-state index in [1.807, 2.05) is 30.3 Å². The predicted octanol–water partition coefficient (Wildman–Crippen LogP) is 2.99. The average Bonchev–Trinajstić information content (AvgIpc) is 2.53. The third kappa shape index (κ3) is 4.13. The van der Waals surface area contributed by atoms with Crippen molar-refractivity contribution in [3.8, 4) is 6.07 Å². The third-order valence-electron chi connectivity index (χ3n) is 3.18. The Morgan fingerprint density at radius 1 is 1.14 bits per heavy atom. The number of benzene rings is 2. The molecule has 21 heavy (non-hydrogen) atoms. The minimum Gasteiger partial charge on any atom is -0.311 e. The quantitative estimate of drug-likeness (QED) is 0.652. The molecule has 0 aliphatic rings. The van der Waals surface area contributed by atoms with Gasteiger partial charge in [-0.1, -0.05) is 42.5 Å². The highest BCUT2D eigenvalue weighted by molar-refractivity contribution is 5.33. The van der Waals surface area contributed by atoms with E-state index in [1.54, 1.807) is 12.1 Å². The molecule has 5 nitrogen and oxygen atoms in total. The zero-order valence-corrected chi connectivity index (χ0v) is 11.4. The van der Waals surface area contributed by atoms with E-state index < -0.39 is 4.92 Å². The average molecular weight is 281 g/mol. The standard InChI is InChI=1S/C16H15N3O2/c17-10-15(14-4-2-1-3-5-14)12-18-11-13-6-8-16(9-7-13)19(20)21/h1-9,15,18H,11-12H2. The van der Waals surface area contributed by atoms with Gasteiger partial charge in [-0.3, -0.25) is 10.1 Å². The zero-order valence-electron chi connectivity index (χ0n) is 11.4. The Balaban J connectivity index is 1.88. The molecule has 0 radical (unpaired) electrons. The SMILES string of the molecule is N#CC(CNCc1ccc([N+](=O)[O-])cc1)c1ccccc1. The lowest BCUT2D eigenvalue weighted by molar-refractivity contribution is -0.384. The van der Waals surface area contributed by atoms with Crippen molar-refractivity contribution in [1.29, 1.82) is 5.26 Å². The summed E-state index contributed by atoms with van der Waals surface area (Å²) < 4.78 is 0. The molecule has 0 aliphatic carbocycles. The maximum Gasteiger partial charge on any atom is 0.269 e. The highest BCUT2D eigenvalue weighted by Crippen LogP contribution is 2.14. The molecular weight excluding hydrogens is 266 g/mol. The molecule has 0 heterocycles. The minimum absolute atomic E-state index is 0.0814. The van der Waals surface area contributed by atoms with E-state index in [9.17, 15) is 15.4 Å².